The van der Waals surface area contributed by atoms with Crippen LogP contribution in [0.5, 0.6) is 0 Å². The summed E-state index contributed by atoms with van der Waals surface area (Å²) in [4.78, 5) is 14.2. The average Bonchev–Trinajstić information content (AvgIpc) is 3.03. The van der Waals surface area contributed by atoms with E-state index in [2.05, 4.69) is 10.3 Å². The molecular weight excluding hydrogens is 242 g/mol. The molecule has 92 valence electrons. The Morgan fingerprint density at radius 2 is 2.18 bits per heavy atom. The van der Waals surface area contributed by atoms with Crippen molar-refractivity contribution in [3.63, 3.8) is 0 Å². The molecule has 0 spiro atoms. The third kappa shape index (κ3) is 2.49. The Bertz CT molecular complexity index is 458. The lowest BCUT2D eigenvalue weighted by molar-refractivity contribution is -0.384. The molecule has 0 bridgehead atoms. The molecule has 1 aliphatic carbocycles. The Labute approximate surface area is 104 Å². The highest BCUT2D eigenvalue weighted by Gasteiger charge is 2.39. The summed E-state index contributed by atoms with van der Waals surface area (Å²) in [5.41, 5.74) is 0.102. The lowest BCUT2D eigenvalue weighted by Gasteiger charge is -2.27. The van der Waals surface area contributed by atoms with E-state index in [4.69, 9.17) is 11.6 Å². The van der Waals surface area contributed by atoms with Crippen molar-refractivity contribution in [2.24, 2.45) is 5.92 Å². The van der Waals surface area contributed by atoms with E-state index in [0.717, 1.165) is 12.8 Å². The second-order valence-electron chi connectivity index (χ2n) is 4.89. The number of hydrogen-bond donors (Lipinski definition) is 1. The summed E-state index contributed by atoms with van der Waals surface area (Å²) in [6.45, 7) is 4.07. The molecule has 0 radical (unpaired) electrons. The van der Waals surface area contributed by atoms with Gasteiger partial charge in [0.05, 0.1) is 9.95 Å². The standard InChI is InChI=1S/C11H14ClN3O2/c1-11(2,7-3-4-7)14-10-8(12)5-13-6-9(10)15(16)17/h5-7H,3-4H2,1-2H3,(H,13,14). The fourth-order valence-electron chi connectivity index (χ4n) is 1.92. The van der Waals surface area contributed by atoms with E-state index >= 15 is 0 Å². The zero-order valence-corrected chi connectivity index (χ0v) is 10.5. The normalized spacial score (nSPS) is 15.7. The molecule has 6 heteroatoms. The summed E-state index contributed by atoms with van der Waals surface area (Å²) < 4.78 is 0. The number of halogens is 1. The minimum Gasteiger partial charge on any atom is -0.373 e. The van der Waals surface area contributed by atoms with Crippen LogP contribution in [0.3, 0.4) is 0 Å². The van der Waals surface area contributed by atoms with Crippen molar-refractivity contribution in [3.05, 3.63) is 27.5 Å². The summed E-state index contributed by atoms with van der Waals surface area (Å²) in [5, 5.41) is 14.4. The van der Waals surface area contributed by atoms with Crippen molar-refractivity contribution in [2.45, 2.75) is 32.2 Å². The first kappa shape index (κ1) is 12.1. The van der Waals surface area contributed by atoms with Gasteiger partial charge in [-0.25, -0.2) is 0 Å². The quantitative estimate of drug-likeness (QED) is 0.662. The van der Waals surface area contributed by atoms with Gasteiger partial charge in [0.25, 0.3) is 0 Å². The Kier molecular flexibility index (Phi) is 2.95. The molecule has 1 saturated carbocycles. The van der Waals surface area contributed by atoms with E-state index in [9.17, 15) is 10.1 Å². The third-order valence-corrected chi connectivity index (χ3v) is 3.41. The molecule has 1 fully saturated rings. The Balaban J connectivity index is 2.33. The molecule has 1 aromatic rings. The van der Waals surface area contributed by atoms with Crippen LogP contribution in [0.2, 0.25) is 5.02 Å². The van der Waals surface area contributed by atoms with Crippen molar-refractivity contribution < 1.29 is 4.92 Å². The molecule has 5 nitrogen and oxygen atoms in total. The molecule has 2 rings (SSSR count). The predicted molar refractivity (Wildman–Crippen MR) is 66.3 cm³/mol. The summed E-state index contributed by atoms with van der Waals surface area (Å²) in [6.07, 6.45) is 4.93. The number of aromatic nitrogens is 1. The zero-order chi connectivity index (χ0) is 12.6. The summed E-state index contributed by atoms with van der Waals surface area (Å²) in [7, 11) is 0. The van der Waals surface area contributed by atoms with Crippen molar-refractivity contribution in [1.82, 2.24) is 4.98 Å². The summed E-state index contributed by atoms with van der Waals surface area (Å²) in [5.74, 6) is 0.548. The van der Waals surface area contributed by atoms with Gasteiger partial charge in [-0.1, -0.05) is 11.6 Å². The van der Waals surface area contributed by atoms with Crippen LogP contribution in [0.1, 0.15) is 26.7 Å². The molecule has 1 aromatic heterocycles. The first-order chi connectivity index (χ1) is 7.92. The molecule has 0 saturated heterocycles. The fourth-order valence-corrected chi connectivity index (χ4v) is 2.12. The van der Waals surface area contributed by atoms with Gasteiger partial charge in [-0.15, -0.1) is 0 Å². The predicted octanol–water partition coefficient (Wildman–Crippen LogP) is 3.24. The van der Waals surface area contributed by atoms with E-state index in [1.54, 1.807) is 0 Å². The van der Waals surface area contributed by atoms with E-state index in [-0.39, 0.29) is 16.2 Å². The maximum Gasteiger partial charge on any atom is 0.311 e. The Morgan fingerprint density at radius 1 is 1.53 bits per heavy atom. The van der Waals surface area contributed by atoms with Crippen LogP contribution in [0.4, 0.5) is 11.4 Å². The molecule has 1 heterocycles. The minimum atomic E-state index is -0.468. The second kappa shape index (κ2) is 4.14. The summed E-state index contributed by atoms with van der Waals surface area (Å²) >= 11 is 5.98. The number of pyridine rings is 1. The Morgan fingerprint density at radius 3 is 2.71 bits per heavy atom. The van der Waals surface area contributed by atoms with Gasteiger partial charge in [-0.2, -0.15) is 0 Å². The highest BCUT2D eigenvalue weighted by molar-refractivity contribution is 6.33. The van der Waals surface area contributed by atoms with Crippen LogP contribution >= 0.6 is 11.6 Å². The number of nitro groups is 1. The van der Waals surface area contributed by atoms with Gasteiger partial charge >= 0.3 is 5.69 Å². The summed E-state index contributed by atoms with van der Waals surface area (Å²) in [6, 6.07) is 0. The van der Waals surface area contributed by atoms with Gasteiger partial charge in [0.2, 0.25) is 0 Å². The van der Waals surface area contributed by atoms with Gasteiger partial charge in [0.15, 0.2) is 0 Å². The molecule has 0 amide bonds. The number of nitrogens with zero attached hydrogens (tertiary/aromatic N) is 2. The van der Waals surface area contributed by atoms with Gasteiger partial charge < -0.3 is 5.32 Å². The van der Waals surface area contributed by atoms with Gasteiger partial charge in [0.1, 0.15) is 11.9 Å². The smallest absolute Gasteiger partial charge is 0.311 e. The molecule has 1 N–H and O–H groups in total. The van der Waals surface area contributed by atoms with Crippen LogP contribution < -0.4 is 5.32 Å². The topological polar surface area (TPSA) is 68.1 Å². The Hall–Kier alpha value is -1.36. The number of hydrogen-bond acceptors (Lipinski definition) is 4. The third-order valence-electron chi connectivity index (χ3n) is 3.12. The molecule has 17 heavy (non-hydrogen) atoms. The van der Waals surface area contributed by atoms with E-state index in [0.29, 0.717) is 11.6 Å². The van der Waals surface area contributed by atoms with Crippen LogP contribution in [-0.4, -0.2) is 15.4 Å². The SMILES string of the molecule is CC(C)(Nc1c(Cl)cncc1[N+](=O)[O-])C1CC1. The van der Waals surface area contributed by atoms with E-state index < -0.39 is 4.92 Å². The molecule has 0 atom stereocenters. The lowest BCUT2D eigenvalue weighted by atomic mass is 9.98. The maximum atomic E-state index is 10.9. The van der Waals surface area contributed by atoms with Crippen molar-refractivity contribution in [3.8, 4) is 0 Å². The van der Waals surface area contributed by atoms with Crippen molar-refractivity contribution in [2.75, 3.05) is 5.32 Å². The van der Waals surface area contributed by atoms with Gasteiger partial charge in [-0.05, 0) is 32.6 Å². The molecule has 0 aromatic carbocycles. The zero-order valence-electron chi connectivity index (χ0n) is 9.74. The molecule has 0 unspecified atom stereocenters. The van der Waals surface area contributed by atoms with Gasteiger partial charge in [0, 0.05) is 11.7 Å². The van der Waals surface area contributed by atoms with Gasteiger partial charge in [-0.3, -0.25) is 15.1 Å². The lowest BCUT2D eigenvalue weighted by Crippen LogP contribution is -2.33. The number of rotatable bonds is 4. The average molecular weight is 256 g/mol. The number of nitrogens with one attached hydrogen (secondary N) is 1. The van der Waals surface area contributed by atoms with Crippen LogP contribution in [-0.2, 0) is 0 Å². The number of anilines is 1. The maximum absolute atomic E-state index is 10.9. The van der Waals surface area contributed by atoms with Crippen LogP contribution in [0, 0.1) is 16.0 Å². The first-order valence-corrected chi connectivity index (χ1v) is 5.85. The van der Waals surface area contributed by atoms with Crippen LogP contribution in [0.25, 0.3) is 0 Å². The molecular formula is C11H14ClN3O2. The van der Waals surface area contributed by atoms with E-state index in [1.807, 2.05) is 13.8 Å². The minimum absolute atomic E-state index is 0.0776. The molecule has 1 aliphatic rings. The first-order valence-electron chi connectivity index (χ1n) is 5.48. The monoisotopic (exact) mass is 255 g/mol. The van der Waals surface area contributed by atoms with E-state index in [1.165, 1.54) is 12.4 Å². The van der Waals surface area contributed by atoms with Crippen molar-refractivity contribution in [1.29, 1.82) is 0 Å². The fraction of sp³-hybridized carbons (Fsp3) is 0.545. The highest BCUT2D eigenvalue weighted by atomic mass is 35.5. The molecule has 0 aliphatic heterocycles. The highest BCUT2D eigenvalue weighted by Crippen LogP contribution is 2.43. The van der Waals surface area contributed by atoms with Crippen LogP contribution in [0.15, 0.2) is 12.4 Å². The largest absolute Gasteiger partial charge is 0.373 e. The van der Waals surface area contributed by atoms with Crippen molar-refractivity contribution >= 4 is 23.0 Å². The second-order valence-corrected chi connectivity index (χ2v) is 5.30.